The molecule has 2 N–H and O–H groups in total. The van der Waals surface area contributed by atoms with E-state index in [9.17, 15) is 14.7 Å². The van der Waals surface area contributed by atoms with Crippen molar-refractivity contribution < 1.29 is 14.6 Å². The Bertz CT molecular complexity index is 1290. The minimum atomic E-state index is -0.451. The Labute approximate surface area is 182 Å². The largest absolute Gasteiger partial charge is 0.504 e. The van der Waals surface area contributed by atoms with Gasteiger partial charge in [0.15, 0.2) is 16.7 Å². The Morgan fingerprint density at radius 2 is 1.84 bits per heavy atom. The highest BCUT2D eigenvalue weighted by Crippen LogP contribution is 2.36. The van der Waals surface area contributed by atoms with E-state index in [1.165, 1.54) is 17.9 Å². The summed E-state index contributed by atoms with van der Waals surface area (Å²) >= 11 is 0.977. The Morgan fingerprint density at radius 1 is 1.13 bits per heavy atom. The molecule has 8 nitrogen and oxygen atoms in total. The van der Waals surface area contributed by atoms with Crippen molar-refractivity contribution in [2.45, 2.75) is 6.92 Å². The van der Waals surface area contributed by atoms with Crippen molar-refractivity contribution in [3.05, 3.63) is 75.0 Å². The van der Waals surface area contributed by atoms with Crippen molar-refractivity contribution in [3.63, 3.8) is 0 Å². The van der Waals surface area contributed by atoms with Crippen molar-refractivity contribution >= 4 is 34.6 Å². The standard InChI is InChI=1S/C22H20N4O4S/c1-13-19(21(29)26(24(13)2)15-7-5-4-6-8-15)25-20(28)18(31-22(25)23)12-14-9-10-16(27)17(11-14)30-3/h4-12,23,27H,1-3H3. The first-order valence-corrected chi connectivity index (χ1v) is 10.2. The molecular weight excluding hydrogens is 416 g/mol. The number of amidine groups is 1. The lowest BCUT2D eigenvalue weighted by Gasteiger charge is -2.12. The molecule has 0 atom stereocenters. The number of rotatable bonds is 4. The number of anilines is 1. The number of ether oxygens (including phenoxy) is 1. The monoisotopic (exact) mass is 436 g/mol. The van der Waals surface area contributed by atoms with Gasteiger partial charge in [-0.1, -0.05) is 24.3 Å². The lowest BCUT2D eigenvalue weighted by atomic mass is 10.2. The maximum absolute atomic E-state index is 13.3. The van der Waals surface area contributed by atoms with E-state index in [-0.39, 0.29) is 27.9 Å². The first-order chi connectivity index (χ1) is 14.8. The number of hydrogen-bond acceptors (Lipinski definition) is 6. The molecule has 0 radical (unpaired) electrons. The molecule has 1 saturated heterocycles. The number of aromatic nitrogens is 2. The van der Waals surface area contributed by atoms with Gasteiger partial charge in [0.2, 0.25) is 0 Å². The molecule has 2 aromatic carbocycles. The molecular formula is C22H20N4O4S. The zero-order chi connectivity index (χ0) is 22.3. The zero-order valence-electron chi connectivity index (χ0n) is 17.1. The fourth-order valence-electron chi connectivity index (χ4n) is 3.44. The lowest BCUT2D eigenvalue weighted by molar-refractivity contribution is -0.113. The predicted octanol–water partition coefficient (Wildman–Crippen LogP) is 3.25. The van der Waals surface area contributed by atoms with Crippen LogP contribution in [0.25, 0.3) is 11.8 Å². The Kier molecular flexibility index (Phi) is 5.20. The van der Waals surface area contributed by atoms with E-state index >= 15 is 0 Å². The molecule has 31 heavy (non-hydrogen) atoms. The topological polar surface area (TPSA) is 101 Å². The molecule has 9 heteroatoms. The number of nitrogens with zero attached hydrogens (tertiary/aromatic N) is 3. The summed E-state index contributed by atoms with van der Waals surface area (Å²) in [5, 5.41) is 18.1. The average Bonchev–Trinajstić information content (AvgIpc) is 3.15. The van der Waals surface area contributed by atoms with Crippen LogP contribution in [0, 0.1) is 12.3 Å². The summed E-state index contributed by atoms with van der Waals surface area (Å²) in [6.45, 7) is 1.74. The van der Waals surface area contributed by atoms with Crippen molar-refractivity contribution in [1.29, 1.82) is 5.41 Å². The number of amides is 1. The van der Waals surface area contributed by atoms with Crippen LogP contribution in [0.3, 0.4) is 0 Å². The number of thioether (sulfide) groups is 1. The van der Waals surface area contributed by atoms with E-state index in [0.717, 1.165) is 16.7 Å². The second-order valence-corrected chi connectivity index (χ2v) is 7.93. The Hall–Kier alpha value is -3.72. The summed E-state index contributed by atoms with van der Waals surface area (Å²) in [6.07, 6.45) is 1.61. The van der Waals surface area contributed by atoms with Gasteiger partial charge in [0.1, 0.15) is 5.69 Å². The van der Waals surface area contributed by atoms with Crippen molar-refractivity contribution in [1.82, 2.24) is 9.36 Å². The van der Waals surface area contributed by atoms with Crippen LogP contribution in [-0.4, -0.2) is 32.7 Å². The molecule has 0 spiro atoms. The molecule has 1 aliphatic rings. The maximum Gasteiger partial charge on any atom is 0.296 e. The molecule has 0 bridgehead atoms. The molecule has 0 aliphatic carbocycles. The average molecular weight is 436 g/mol. The first kappa shape index (κ1) is 20.5. The number of aromatic hydroxyl groups is 1. The number of phenols is 1. The van der Waals surface area contributed by atoms with Crippen LogP contribution < -0.4 is 15.2 Å². The molecule has 4 rings (SSSR count). The summed E-state index contributed by atoms with van der Waals surface area (Å²) in [5.41, 5.74) is 1.65. The minimum Gasteiger partial charge on any atom is -0.504 e. The van der Waals surface area contributed by atoms with Gasteiger partial charge in [-0.25, -0.2) is 9.58 Å². The fourth-order valence-corrected chi connectivity index (χ4v) is 4.28. The number of methoxy groups -OCH3 is 1. The van der Waals surface area contributed by atoms with Gasteiger partial charge in [-0.05, 0) is 54.6 Å². The van der Waals surface area contributed by atoms with Crippen LogP contribution in [-0.2, 0) is 11.8 Å². The normalized spacial score (nSPS) is 15.2. The number of nitrogens with one attached hydrogen (secondary N) is 1. The van der Waals surface area contributed by atoms with Crippen molar-refractivity contribution in [3.8, 4) is 17.2 Å². The van der Waals surface area contributed by atoms with Crippen LogP contribution in [0.5, 0.6) is 11.5 Å². The van der Waals surface area contributed by atoms with Crippen molar-refractivity contribution in [2.75, 3.05) is 12.0 Å². The molecule has 1 fully saturated rings. The van der Waals surface area contributed by atoms with E-state index in [1.54, 1.807) is 49.0 Å². The predicted molar refractivity (Wildman–Crippen MR) is 121 cm³/mol. The molecule has 1 aromatic heterocycles. The third-order valence-electron chi connectivity index (χ3n) is 5.07. The second-order valence-electron chi connectivity index (χ2n) is 6.90. The lowest BCUT2D eigenvalue weighted by Crippen LogP contribution is -2.33. The van der Waals surface area contributed by atoms with Gasteiger partial charge in [0.05, 0.1) is 23.4 Å². The molecule has 0 unspecified atom stereocenters. The van der Waals surface area contributed by atoms with Gasteiger partial charge >= 0.3 is 0 Å². The highest BCUT2D eigenvalue weighted by molar-refractivity contribution is 8.19. The first-order valence-electron chi connectivity index (χ1n) is 9.37. The molecule has 0 saturated carbocycles. The van der Waals surface area contributed by atoms with Gasteiger partial charge < -0.3 is 9.84 Å². The Morgan fingerprint density at radius 3 is 2.52 bits per heavy atom. The summed E-state index contributed by atoms with van der Waals surface area (Å²) < 4.78 is 8.25. The van der Waals surface area contributed by atoms with Crippen LogP contribution in [0.2, 0.25) is 0 Å². The summed E-state index contributed by atoms with van der Waals surface area (Å²) in [5.74, 6) is -0.180. The summed E-state index contributed by atoms with van der Waals surface area (Å²) in [7, 11) is 3.18. The maximum atomic E-state index is 13.3. The smallest absolute Gasteiger partial charge is 0.296 e. The van der Waals surface area contributed by atoms with Gasteiger partial charge in [0, 0.05) is 7.05 Å². The van der Waals surface area contributed by atoms with E-state index in [2.05, 4.69) is 0 Å². The van der Waals surface area contributed by atoms with Crippen molar-refractivity contribution in [2.24, 2.45) is 7.05 Å². The second kappa shape index (κ2) is 7.84. The van der Waals surface area contributed by atoms with Crippen LogP contribution >= 0.6 is 11.8 Å². The van der Waals surface area contributed by atoms with E-state index in [1.807, 2.05) is 18.2 Å². The third-order valence-corrected chi connectivity index (χ3v) is 5.96. The number of phenolic OH excluding ortho intramolecular Hbond substituents is 1. The van der Waals surface area contributed by atoms with Crippen LogP contribution in [0.1, 0.15) is 11.3 Å². The van der Waals surface area contributed by atoms with E-state index in [4.69, 9.17) is 10.1 Å². The fraction of sp³-hybridized carbons (Fsp3) is 0.136. The van der Waals surface area contributed by atoms with Crippen LogP contribution in [0.15, 0.2) is 58.2 Å². The van der Waals surface area contributed by atoms with E-state index in [0.29, 0.717) is 21.8 Å². The van der Waals surface area contributed by atoms with Gasteiger partial charge in [-0.15, -0.1) is 0 Å². The van der Waals surface area contributed by atoms with Gasteiger partial charge in [0.25, 0.3) is 11.5 Å². The van der Waals surface area contributed by atoms with Gasteiger partial charge in [-0.3, -0.25) is 19.7 Å². The number of carbonyl (C=O) groups is 1. The van der Waals surface area contributed by atoms with E-state index < -0.39 is 5.91 Å². The van der Waals surface area contributed by atoms with Crippen LogP contribution in [0.4, 0.5) is 5.69 Å². The SMILES string of the molecule is COc1cc(C=C2SC(=N)N(c3c(C)n(C)n(-c4ccccc4)c3=O)C2=O)ccc1O. The third kappa shape index (κ3) is 3.42. The molecule has 3 aromatic rings. The summed E-state index contributed by atoms with van der Waals surface area (Å²) in [6, 6.07) is 13.8. The summed E-state index contributed by atoms with van der Waals surface area (Å²) in [4.78, 5) is 27.9. The molecule has 1 aliphatic heterocycles. The molecule has 2 heterocycles. The zero-order valence-corrected chi connectivity index (χ0v) is 17.9. The number of benzene rings is 2. The molecule has 158 valence electrons. The minimum absolute atomic E-state index is 0.00852. The number of para-hydroxylation sites is 1. The molecule has 1 amide bonds. The Balaban J connectivity index is 1.76. The van der Waals surface area contributed by atoms with Gasteiger partial charge in [-0.2, -0.15) is 0 Å². The quantitative estimate of drug-likeness (QED) is 0.612. The number of carbonyl (C=O) groups excluding carboxylic acids is 1. The highest BCUT2D eigenvalue weighted by atomic mass is 32.2. The highest BCUT2D eigenvalue weighted by Gasteiger charge is 2.38. The number of hydrogen-bond donors (Lipinski definition) is 2.